The number of benzene rings is 3. The second kappa shape index (κ2) is 9.00. The lowest BCUT2D eigenvalue weighted by molar-refractivity contribution is 0.0468. The summed E-state index contributed by atoms with van der Waals surface area (Å²) in [5.41, 5.74) is 1.83. The lowest BCUT2D eigenvalue weighted by Crippen LogP contribution is -2.35. The van der Waals surface area contributed by atoms with Crippen molar-refractivity contribution in [2.45, 2.75) is 24.3 Å². The van der Waals surface area contributed by atoms with E-state index < -0.39 is 21.8 Å². The Hall–Kier alpha value is -3.39. The molecule has 1 aliphatic rings. The van der Waals surface area contributed by atoms with Crippen LogP contribution in [0.15, 0.2) is 71.6 Å². The van der Waals surface area contributed by atoms with Crippen LogP contribution in [0.25, 0.3) is 0 Å². The Balaban J connectivity index is 1.65. The van der Waals surface area contributed by atoms with Crippen molar-refractivity contribution in [2.24, 2.45) is 0 Å². The average Bonchev–Trinajstić information content (AvgIpc) is 2.82. The molecule has 0 aliphatic carbocycles. The number of rotatable bonds is 6. The molecule has 0 amide bonds. The Morgan fingerprint density at radius 1 is 1.06 bits per heavy atom. The van der Waals surface area contributed by atoms with Gasteiger partial charge in [0.15, 0.2) is 0 Å². The van der Waals surface area contributed by atoms with E-state index in [1.165, 1.54) is 41.7 Å². The molecule has 0 spiro atoms. The van der Waals surface area contributed by atoms with E-state index in [0.717, 1.165) is 12.0 Å². The first-order valence-corrected chi connectivity index (χ1v) is 11.5. The molecule has 0 aromatic heterocycles. The summed E-state index contributed by atoms with van der Waals surface area (Å²) in [6.45, 7) is 0.0591. The van der Waals surface area contributed by atoms with Crippen LogP contribution in [0.3, 0.4) is 0 Å². The summed E-state index contributed by atoms with van der Waals surface area (Å²) in [6.07, 6.45) is 1.48. The van der Waals surface area contributed by atoms with E-state index in [0.29, 0.717) is 18.7 Å². The number of esters is 1. The van der Waals surface area contributed by atoms with Gasteiger partial charge in [-0.15, -0.1) is 0 Å². The minimum Gasteiger partial charge on any atom is -0.495 e. The first-order chi connectivity index (χ1) is 15.4. The molecular weight excluding hydrogens is 433 g/mol. The highest BCUT2D eigenvalue weighted by Gasteiger charge is 2.32. The van der Waals surface area contributed by atoms with Gasteiger partial charge in [0.05, 0.1) is 18.4 Å². The van der Waals surface area contributed by atoms with Gasteiger partial charge < -0.3 is 9.47 Å². The van der Waals surface area contributed by atoms with E-state index in [-0.39, 0.29) is 28.4 Å². The van der Waals surface area contributed by atoms with Gasteiger partial charge >= 0.3 is 5.97 Å². The number of ether oxygens (including phenoxy) is 2. The highest BCUT2D eigenvalue weighted by atomic mass is 32.2. The van der Waals surface area contributed by atoms with E-state index in [2.05, 4.69) is 0 Å². The van der Waals surface area contributed by atoms with Crippen LogP contribution in [0.2, 0.25) is 0 Å². The van der Waals surface area contributed by atoms with Crippen LogP contribution in [0.1, 0.15) is 27.9 Å². The molecular formula is C24H22FNO5S. The lowest BCUT2D eigenvalue weighted by Gasteiger charge is -2.30. The molecule has 8 heteroatoms. The second-order valence-corrected chi connectivity index (χ2v) is 9.17. The number of fused-ring (bicyclic) bond motifs is 1. The number of halogens is 1. The zero-order valence-electron chi connectivity index (χ0n) is 17.5. The summed E-state index contributed by atoms with van der Waals surface area (Å²) in [4.78, 5) is 12.5. The van der Waals surface area contributed by atoms with Gasteiger partial charge in [-0.1, -0.05) is 36.4 Å². The van der Waals surface area contributed by atoms with Gasteiger partial charge in [0.1, 0.15) is 23.1 Å². The topological polar surface area (TPSA) is 72.9 Å². The highest BCUT2D eigenvalue weighted by molar-refractivity contribution is 7.93. The van der Waals surface area contributed by atoms with Crippen LogP contribution in [-0.4, -0.2) is 28.0 Å². The van der Waals surface area contributed by atoms with Gasteiger partial charge in [-0.2, -0.15) is 0 Å². The Morgan fingerprint density at radius 3 is 2.59 bits per heavy atom. The number of anilines is 1. The zero-order chi connectivity index (χ0) is 22.7. The van der Waals surface area contributed by atoms with E-state index in [4.69, 9.17) is 9.47 Å². The zero-order valence-corrected chi connectivity index (χ0v) is 18.3. The predicted octanol–water partition coefficient (Wildman–Crippen LogP) is 4.33. The first kappa shape index (κ1) is 21.8. The van der Waals surface area contributed by atoms with Gasteiger partial charge in [-0.3, -0.25) is 4.31 Å². The van der Waals surface area contributed by atoms with Crippen molar-refractivity contribution in [2.75, 3.05) is 18.0 Å². The molecule has 0 fully saturated rings. The summed E-state index contributed by atoms with van der Waals surface area (Å²) in [5.74, 6) is -1.12. The number of nitrogens with zero attached hydrogens (tertiary/aromatic N) is 1. The fraction of sp³-hybridized carbons (Fsp3) is 0.208. The summed E-state index contributed by atoms with van der Waals surface area (Å²) in [6, 6.07) is 17.4. The van der Waals surface area contributed by atoms with Crippen molar-refractivity contribution < 1.29 is 27.1 Å². The summed E-state index contributed by atoms with van der Waals surface area (Å²) < 4.78 is 52.8. The van der Waals surface area contributed by atoms with Crippen molar-refractivity contribution in [3.63, 3.8) is 0 Å². The average molecular weight is 456 g/mol. The van der Waals surface area contributed by atoms with Crippen LogP contribution in [0.4, 0.5) is 10.1 Å². The van der Waals surface area contributed by atoms with Gasteiger partial charge in [-0.05, 0) is 48.7 Å². The molecule has 0 unspecified atom stereocenters. The molecule has 166 valence electrons. The molecule has 3 aromatic rings. The predicted molar refractivity (Wildman–Crippen MR) is 118 cm³/mol. The number of carbonyl (C=O) groups is 1. The van der Waals surface area contributed by atoms with E-state index in [9.17, 15) is 17.6 Å². The second-order valence-electron chi connectivity index (χ2n) is 7.34. The summed E-state index contributed by atoms with van der Waals surface area (Å²) >= 11 is 0. The molecule has 4 rings (SSSR count). The van der Waals surface area contributed by atoms with Crippen molar-refractivity contribution in [3.8, 4) is 5.75 Å². The van der Waals surface area contributed by atoms with Crippen molar-refractivity contribution in [1.82, 2.24) is 0 Å². The third-order valence-corrected chi connectivity index (χ3v) is 7.19. The van der Waals surface area contributed by atoms with Gasteiger partial charge in [0.25, 0.3) is 10.0 Å². The fourth-order valence-corrected chi connectivity index (χ4v) is 5.44. The normalized spacial score (nSPS) is 13.4. The van der Waals surface area contributed by atoms with Crippen LogP contribution in [0.5, 0.6) is 5.75 Å². The monoisotopic (exact) mass is 455 g/mol. The number of aryl methyl sites for hydroxylation is 1. The number of hydrogen-bond acceptors (Lipinski definition) is 5. The van der Waals surface area contributed by atoms with Gasteiger partial charge in [0, 0.05) is 12.1 Å². The molecule has 0 atom stereocenters. The van der Waals surface area contributed by atoms with E-state index in [1.54, 1.807) is 24.3 Å². The Bertz CT molecular complexity index is 1260. The molecule has 3 aromatic carbocycles. The smallest absolute Gasteiger partial charge is 0.338 e. The molecule has 0 N–H and O–H groups in total. The SMILES string of the molecule is COc1ccc(C(=O)OCc2ccccc2F)cc1S(=O)(=O)N1CCCc2ccccc21. The third-order valence-electron chi connectivity index (χ3n) is 5.35. The maximum atomic E-state index is 13.8. The van der Waals surface area contributed by atoms with Crippen LogP contribution >= 0.6 is 0 Å². The lowest BCUT2D eigenvalue weighted by atomic mass is 10.0. The highest BCUT2D eigenvalue weighted by Crippen LogP contribution is 2.35. The van der Waals surface area contributed by atoms with Crippen molar-refractivity contribution >= 4 is 21.7 Å². The molecule has 0 saturated heterocycles. The van der Waals surface area contributed by atoms with Crippen molar-refractivity contribution in [1.29, 1.82) is 0 Å². The number of hydrogen-bond donors (Lipinski definition) is 0. The molecule has 32 heavy (non-hydrogen) atoms. The van der Waals surface area contributed by atoms with Crippen molar-refractivity contribution in [3.05, 3.63) is 89.2 Å². The summed E-state index contributed by atoms with van der Waals surface area (Å²) in [5, 5.41) is 0. The number of para-hydroxylation sites is 1. The number of sulfonamides is 1. The Morgan fingerprint density at radius 2 is 1.81 bits per heavy atom. The molecule has 6 nitrogen and oxygen atoms in total. The quantitative estimate of drug-likeness (QED) is 0.517. The van der Waals surface area contributed by atoms with Gasteiger partial charge in [-0.25, -0.2) is 17.6 Å². The summed E-state index contributed by atoms with van der Waals surface area (Å²) in [7, 11) is -2.64. The van der Waals surface area contributed by atoms with E-state index in [1.807, 2.05) is 12.1 Å². The minimum atomic E-state index is -4.01. The maximum absolute atomic E-state index is 13.8. The van der Waals surface area contributed by atoms with Crippen LogP contribution in [-0.2, 0) is 27.8 Å². The molecule has 0 bridgehead atoms. The first-order valence-electron chi connectivity index (χ1n) is 10.1. The minimum absolute atomic E-state index is 0.0333. The standard InChI is InChI=1S/C24H22FNO5S/c1-30-22-13-12-18(24(27)31-16-19-8-2-4-10-20(19)25)15-23(22)32(28,29)26-14-6-9-17-7-3-5-11-21(17)26/h2-5,7-8,10-13,15H,6,9,14,16H2,1H3. The van der Waals surface area contributed by atoms with Crippen LogP contribution in [0, 0.1) is 5.82 Å². The number of methoxy groups -OCH3 is 1. The molecule has 0 saturated carbocycles. The largest absolute Gasteiger partial charge is 0.495 e. The van der Waals surface area contributed by atoms with Gasteiger partial charge in [0.2, 0.25) is 0 Å². The number of carbonyl (C=O) groups excluding carboxylic acids is 1. The maximum Gasteiger partial charge on any atom is 0.338 e. The Kier molecular flexibility index (Phi) is 6.14. The third kappa shape index (κ3) is 4.18. The molecule has 1 heterocycles. The van der Waals surface area contributed by atoms with E-state index >= 15 is 0 Å². The van der Waals surface area contributed by atoms with Crippen LogP contribution < -0.4 is 9.04 Å². The Labute approximate surface area is 186 Å². The fourth-order valence-electron chi connectivity index (χ4n) is 3.71. The molecule has 1 aliphatic heterocycles. The molecule has 0 radical (unpaired) electrons.